The lowest BCUT2D eigenvalue weighted by molar-refractivity contribution is -0.128. The molecule has 0 radical (unpaired) electrons. The van der Waals surface area contributed by atoms with Crippen molar-refractivity contribution in [3.63, 3.8) is 0 Å². The first kappa shape index (κ1) is 18.6. The maximum Gasteiger partial charge on any atom is 0.224 e. The highest BCUT2D eigenvalue weighted by Crippen LogP contribution is 2.56. The highest BCUT2D eigenvalue weighted by Gasteiger charge is 2.55. The van der Waals surface area contributed by atoms with Gasteiger partial charge in [-0.2, -0.15) is 5.26 Å². The first-order valence-electron chi connectivity index (χ1n) is 10.1. The standard InChI is InChI=1S/C22H21FN6O/c23-18-9-14(10-24)1-2-15(18)11-26-21(30)17-4-8-29(12-22(17)5-6-22)20-16-3-7-25-19(16)27-13-28-20/h1-3,7,9,13,17H,4-6,8,11-12H2,(H,26,30)(H,25,27,28). The zero-order valence-corrected chi connectivity index (χ0v) is 16.4. The topological polar surface area (TPSA) is 97.7 Å². The van der Waals surface area contributed by atoms with Crippen LogP contribution in [0.2, 0.25) is 0 Å². The lowest BCUT2D eigenvalue weighted by Gasteiger charge is -2.39. The molecule has 152 valence electrons. The van der Waals surface area contributed by atoms with Crippen molar-refractivity contribution in [1.82, 2.24) is 20.3 Å². The Morgan fingerprint density at radius 2 is 2.23 bits per heavy atom. The molecule has 1 spiro atoms. The second-order valence-corrected chi connectivity index (χ2v) is 8.20. The Morgan fingerprint density at radius 3 is 3.00 bits per heavy atom. The molecule has 2 N–H and O–H groups in total. The van der Waals surface area contributed by atoms with E-state index in [-0.39, 0.29) is 29.3 Å². The van der Waals surface area contributed by atoms with E-state index in [0.717, 1.165) is 49.2 Å². The number of halogens is 1. The fraction of sp³-hybridized carbons (Fsp3) is 0.364. The van der Waals surface area contributed by atoms with Gasteiger partial charge in [0.15, 0.2) is 0 Å². The van der Waals surface area contributed by atoms with Gasteiger partial charge in [0, 0.05) is 37.3 Å². The Labute approximate surface area is 172 Å². The molecule has 3 heterocycles. The number of fused-ring (bicyclic) bond motifs is 1. The van der Waals surface area contributed by atoms with Crippen LogP contribution in [0.3, 0.4) is 0 Å². The van der Waals surface area contributed by atoms with Crippen LogP contribution < -0.4 is 10.2 Å². The fourth-order valence-electron chi connectivity index (χ4n) is 4.59. The molecule has 1 amide bonds. The number of aromatic amines is 1. The quantitative estimate of drug-likeness (QED) is 0.697. The van der Waals surface area contributed by atoms with Gasteiger partial charge in [-0.25, -0.2) is 14.4 Å². The van der Waals surface area contributed by atoms with Crippen LogP contribution >= 0.6 is 0 Å². The second-order valence-electron chi connectivity index (χ2n) is 8.20. The summed E-state index contributed by atoms with van der Waals surface area (Å²) in [6.45, 7) is 1.65. The number of nitrogens with zero attached hydrogens (tertiary/aromatic N) is 4. The normalized spacial score (nSPS) is 19.6. The second kappa shape index (κ2) is 7.10. The number of hydrogen-bond donors (Lipinski definition) is 2. The summed E-state index contributed by atoms with van der Waals surface area (Å²) in [7, 11) is 0. The number of amides is 1. The smallest absolute Gasteiger partial charge is 0.224 e. The molecule has 1 atom stereocenters. The Hall–Kier alpha value is -3.47. The van der Waals surface area contributed by atoms with Crippen LogP contribution in [0, 0.1) is 28.5 Å². The number of benzene rings is 1. The molecule has 3 aromatic rings. The molecule has 0 bridgehead atoms. The van der Waals surface area contributed by atoms with Crippen LogP contribution in [0.4, 0.5) is 10.2 Å². The van der Waals surface area contributed by atoms with E-state index in [0.29, 0.717) is 5.56 Å². The molecule has 1 aliphatic heterocycles. The van der Waals surface area contributed by atoms with E-state index in [1.807, 2.05) is 18.3 Å². The van der Waals surface area contributed by atoms with Crippen molar-refractivity contribution in [3.05, 3.63) is 53.7 Å². The van der Waals surface area contributed by atoms with Gasteiger partial charge in [0.05, 0.1) is 17.0 Å². The molecule has 2 aromatic heterocycles. The number of anilines is 1. The number of aromatic nitrogens is 3. The Bertz CT molecular complexity index is 1160. The summed E-state index contributed by atoms with van der Waals surface area (Å²) in [5.41, 5.74) is 1.43. The Kier molecular flexibility index (Phi) is 4.39. The fourth-order valence-corrected chi connectivity index (χ4v) is 4.59. The van der Waals surface area contributed by atoms with Crippen molar-refractivity contribution >= 4 is 22.8 Å². The molecule has 1 aliphatic carbocycles. The number of nitrogens with one attached hydrogen (secondary N) is 2. The minimum atomic E-state index is -0.468. The molecular formula is C22H21FN6O. The number of hydrogen-bond acceptors (Lipinski definition) is 5. The summed E-state index contributed by atoms with van der Waals surface area (Å²) in [5, 5.41) is 12.8. The zero-order chi connectivity index (χ0) is 20.7. The van der Waals surface area contributed by atoms with Gasteiger partial charge in [0.1, 0.15) is 23.6 Å². The molecule has 1 aromatic carbocycles. The maximum atomic E-state index is 14.1. The van der Waals surface area contributed by atoms with E-state index in [4.69, 9.17) is 5.26 Å². The Morgan fingerprint density at radius 1 is 1.37 bits per heavy atom. The molecular weight excluding hydrogens is 383 g/mol. The van der Waals surface area contributed by atoms with Crippen LogP contribution in [0.5, 0.6) is 0 Å². The number of carbonyl (C=O) groups excluding carboxylic acids is 1. The van der Waals surface area contributed by atoms with E-state index in [9.17, 15) is 9.18 Å². The average Bonchev–Trinajstić information content (AvgIpc) is 3.34. The van der Waals surface area contributed by atoms with Crippen LogP contribution in [0.15, 0.2) is 36.8 Å². The Balaban J connectivity index is 1.28. The number of carbonyl (C=O) groups is 1. The first-order valence-corrected chi connectivity index (χ1v) is 10.1. The molecule has 1 saturated heterocycles. The predicted octanol–water partition coefficient (Wildman–Crippen LogP) is 2.89. The summed E-state index contributed by atoms with van der Waals surface area (Å²) >= 11 is 0. The number of H-pyrrole nitrogens is 1. The first-order chi connectivity index (χ1) is 14.6. The molecule has 1 unspecified atom stereocenters. The van der Waals surface area contributed by atoms with Gasteiger partial charge in [-0.15, -0.1) is 0 Å². The van der Waals surface area contributed by atoms with Gasteiger partial charge < -0.3 is 15.2 Å². The van der Waals surface area contributed by atoms with Crippen molar-refractivity contribution in [3.8, 4) is 6.07 Å². The van der Waals surface area contributed by atoms with Crippen LogP contribution in [0.1, 0.15) is 30.4 Å². The number of nitriles is 1. The highest BCUT2D eigenvalue weighted by atomic mass is 19.1. The zero-order valence-electron chi connectivity index (χ0n) is 16.4. The van der Waals surface area contributed by atoms with Crippen molar-refractivity contribution in [1.29, 1.82) is 5.26 Å². The minimum Gasteiger partial charge on any atom is -0.355 e. The maximum absolute atomic E-state index is 14.1. The summed E-state index contributed by atoms with van der Waals surface area (Å²) in [4.78, 5) is 27.1. The van der Waals surface area contributed by atoms with Crippen molar-refractivity contribution in [2.45, 2.75) is 25.8 Å². The third-order valence-corrected chi connectivity index (χ3v) is 6.41. The summed E-state index contributed by atoms with van der Waals surface area (Å²) in [5.74, 6) is 0.333. The van der Waals surface area contributed by atoms with Gasteiger partial charge in [-0.1, -0.05) is 6.07 Å². The molecule has 7 nitrogen and oxygen atoms in total. The molecule has 2 aliphatic rings. The van der Waals surface area contributed by atoms with Gasteiger partial charge in [0.2, 0.25) is 5.91 Å². The predicted molar refractivity (Wildman–Crippen MR) is 109 cm³/mol. The van der Waals surface area contributed by atoms with Gasteiger partial charge >= 0.3 is 0 Å². The highest BCUT2D eigenvalue weighted by molar-refractivity contribution is 5.87. The third kappa shape index (κ3) is 3.16. The van der Waals surface area contributed by atoms with Crippen LogP contribution in [-0.4, -0.2) is 33.9 Å². The molecule has 2 fully saturated rings. The molecule has 1 saturated carbocycles. The largest absolute Gasteiger partial charge is 0.355 e. The molecule has 8 heteroatoms. The lowest BCUT2D eigenvalue weighted by Crippen LogP contribution is -2.48. The summed E-state index contributed by atoms with van der Waals surface area (Å²) < 4.78 is 14.1. The van der Waals surface area contributed by atoms with Crippen molar-refractivity contribution in [2.75, 3.05) is 18.0 Å². The van der Waals surface area contributed by atoms with E-state index in [1.54, 1.807) is 18.5 Å². The van der Waals surface area contributed by atoms with Gasteiger partial charge in [-0.3, -0.25) is 4.79 Å². The van der Waals surface area contributed by atoms with Gasteiger partial charge in [-0.05, 0) is 42.9 Å². The minimum absolute atomic E-state index is 0.0228. The monoisotopic (exact) mass is 404 g/mol. The summed E-state index contributed by atoms with van der Waals surface area (Å²) in [6.07, 6.45) is 6.18. The van der Waals surface area contributed by atoms with E-state index in [2.05, 4.69) is 25.2 Å². The van der Waals surface area contributed by atoms with Crippen LogP contribution in [-0.2, 0) is 11.3 Å². The van der Waals surface area contributed by atoms with Gasteiger partial charge in [0.25, 0.3) is 0 Å². The van der Waals surface area contributed by atoms with E-state index < -0.39 is 5.82 Å². The number of piperidine rings is 1. The molecule has 5 rings (SSSR count). The number of rotatable bonds is 4. The average molecular weight is 404 g/mol. The third-order valence-electron chi connectivity index (χ3n) is 6.41. The molecule has 30 heavy (non-hydrogen) atoms. The van der Waals surface area contributed by atoms with Crippen LogP contribution in [0.25, 0.3) is 11.0 Å². The lowest BCUT2D eigenvalue weighted by atomic mass is 9.81. The SMILES string of the molecule is N#Cc1ccc(CNC(=O)C2CCN(c3ncnc4[nH]ccc34)CC23CC3)c(F)c1. The van der Waals surface area contributed by atoms with Crippen molar-refractivity contribution in [2.24, 2.45) is 11.3 Å². The van der Waals surface area contributed by atoms with Crippen molar-refractivity contribution < 1.29 is 9.18 Å². The van der Waals surface area contributed by atoms with E-state index in [1.165, 1.54) is 6.07 Å². The summed E-state index contributed by atoms with van der Waals surface area (Å²) in [6, 6.07) is 8.22. The van der Waals surface area contributed by atoms with E-state index >= 15 is 0 Å².